The van der Waals surface area contributed by atoms with Crippen molar-refractivity contribution in [1.29, 1.82) is 0 Å². The average Bonchev–Trinajstić information content (AvgIpc) is 2.47. The van der Waals surface area contributed by atoms with Crippen molar-refractivity contribution >= 4 is 15.9 Å². The first kappa shape index (κ1) is 18.6. The van der Waals surface area contributed by atoms with Crippen LogP contribution in [0.5, 0.6) is 0 Å². The normalized spacial score (nSPS) is 11.7. The highest BCUT2D eigenvalue weighted by Gasteiger charge is 2.24. The number of benzene rings is 1. The molecule has 0 radical (unpaired) electrons. The Bertz CT molecular complexity index is 629. The zero-order chi connectivity index (χ0) is 16.9. The highest BCUT2D eigenvalue weighted by molar-refractivity contribution is 7.89. The van der Waals surface area contributed by atoms with E-state index in [1.807, 2.05) is 13.8 Å². The van der Waals surface area contributed by atoms with Crippen LogP contribution in [-0.4, -0.2) is 64.3 Å². The lowest BCUT2D eigenvalue weighted by molar-refractivity contribution is -0.129. The van der Waals surface area contributed by atoms with E-state index in [1.165, 1.54) is 11.9 Å². The maximum absolute atomic E-state index is 12.5. The van der Waals surface area contributed by atoms with Crippen LogP contribution in [0, 0.1) is 13.8 Å². The van der Waals surface area contributed by atoms with Crippen LogP contribution in [0.2, 0.25) is 0 Å². The molecule has 0 atom stereocenters. The first-order valence-corrected chi connectivity index (χ1v) is 8.56. The van der Waals surface area contributed by atoms with Crippen LogP contribution in [0.1, 0.15) is 11.1 Å². The molecule has 1 N–H and O–H groups in total. The molecule has 7 heteroatoms. The molecule has 0 aliphatic rings. The number of aryl methyl sites for hydroxylation is 2. The van der Waals surface area contributed by atoms with Gasteiger partial charge in [0.1, 0.15) is 0 Å². The van der Waals surface area contributed by atoms with Gasteiger partial charge in [-0.25, -0.2) is 8.42 Å². The first-order chi connectivity index (χ1) is 10.2. The monoisotopic (exact) mass is 327 g/mol. The maximum Gasteiger partial charge on any atom is 0.243 e. The van der Waals surface area contributed by atoms with Gasteiger partial charge >= 0.3 is 0 Å². The molecule has 1 aromatic carbocycles. The van der Waals surface area contributed by atoms with Gasteiger partial charge in [0.15, 0.2) is 0 Å². The molecule has 0 aliphatic carbocycles. The molecule has 0 aliphatic heterocycles. The number of hydrogen-bond donors (Lipinski definition) is 1. The molecule has 0 aromatic heterocycles. The molecular weight excluding hydrogens is 302 g/mol. The van der Waals surface area contributed by atoms with Crippen molar-refractivity contribution in [2.75, 3.05) is 40.8 Å². The van der Waals surface area contributed by atoms with Crippen molar-refractivity contribution in [3.8, 4) is 0 Å². The van der Waals surface area contributed by atoms with Gasteiger partial charge in [0.2, 0.25) is 15.9 Å². The second-order valence-corrected chi connectivity index (χ2v) is 7.47. The molecular formula is C15H25N3O3S. The zero-order valence-corrected chi connectivity index (χ0v) is 14.7. The quantitative estimate of drug-likeness (QED) is 0.796. The molecule has 0 spiro atoms. The summed E-state index contributed by atoms with van der Waals surface area (Å²) in [5.41, 5.74) is 1.94. The van der Waals surface area contributed by atoms with E-state index >= 15 is 0 Å². The average molecular weight is 327 g/mol. The van der Waals surface area contributed by atoms with Crippen molar-refractivity contribution in [3.05, 3.63) is 29.3 Å². The molecule has 124 valence electrons. The fourth-order valence-electron chi connectivity index (χ4n) is 1.85. The highest BCUT2D eigenvalue weighted by Crippen LogP contribution is 2.18. The third-order valence-electron chi connectivity index (χ3n) is 3.67. The molecule has 0 unspecified atom stereocenters. The van der Waals surface area contributed by atoms with E-state index in [2.05, 4.69) is 5.32 Å². The summed E-state index contributed by atoms with van der Waals surface area (Å²) in [5, 5.41) is 2.95. The summed E-state index contributed by atoms with van der Waals surface area (Å²) >= 11 is 0. The van der Waals surface area contributed by atoms with Crippen molar-refractivity contribution < 1.29 is 13.2 Å². The van der Waals surface area contributed by atoms with Crippen LogP contribution in [0.3, 0.4) is 0 Å². The number of carbonyl (C=O) groups is 1. The van der Waals surface area contributed by atoms with Crippen LogP contribution >= 0.6 is 0 Å². The summed E-state index contributed by atoms with van der Waals surface area (Å²) in [6, 6.07) is 4.98. The van der Waals surface area contributed by atoms with E-state index in [9.17, 15) is 13.2 Å². The zero-order valence-electron chi connectivity index (χ0n) is 13.9. The fourth-order valence-corrected chi connectivity index (χ4v) is 3.06. The van der Waals surface area contributed by atoms with Gasteiger partial charge in [-0.3, -0.25) is 4.79 Å². The lowest BCUT2D eigenvalue weighted by atomic mass is 10.1. The second-order valence-electron chi connectivity index (χ2n) is 5.43. The Labute approximate surface area is 133 Å². The molecule has 1 aromatic rings. The third kappa shape index (κ3) is 4.53. The van der Waals surface area contributed by atoms with Gasteiger partial charge in [-0.2, -0.15) is 4.31 Å². The van der Waals surface area contributed by atoms with Crippen molar-refractivity contribution in [1.82, 2.24) is 14.5 Å². The van der Waals surface area contributed by atoms with Crippen molar-refractivity contribution in [2.24, 2.45) is 0 Å². The molecule has 1 amide bonds. The number of nitrogens with one attached hydrogen (secondary N) is 1. The van der Waals surface area contributed by atoms with Crippen molar-refractivity contribution in [2.45, 2.75) is 18.7 Å². The van der Waals surface area contributed by atoms with Crippen LogP contribution < -0.4 is 5.32 Å². The number of sulfonamides is 1. The topological polar surface area (TPSA) is 69.7 Å². The molecule has 6 nitrogen and oxygen atoms in total. The van der Waals surface area contributed by atoms with Crippen LogP contribution in [0.25, 0.3) is 0 Å². The molecule has 1 rings (SSSR count). The summed E-state index contributed by atoms with van der Waals surface area (Å²) in [6.45, 7) is 4.82. The SMILES string of the molecule is CNCCN(C)C(=O)CN(C)S(=O)(=O)c1ccc(C)c(C)c1. The molecule has 0 bridgehead atoms. The fraction of sp³-hybridized carbons (Fsp3) is 0.533. The van der Waals surface area contributed by atoms with Gasteiger partial charge in [0, 0.05) is 27.2 Å². The number of likely N-dealkylation sites (N-methyl/N-ethyl adjacent to an activating group) is 3. The van der Waals surface area contributed by atoms with E-state index in [-0.39, 0.29) is 17.3 Å². The Morgan fingerprint density at radius 3 is 2.36 bits per heavy atom. The minimum absolute atomic E-state index is 0.171. The van der Waals surface area contributed by atoms with E-state index in [0.29, 0.717) is 13.1 Å². The number of carbonyl (C=O) groups excluding carboxylic acids is 1. The molecule has 22 heavy (non-hydrogen) atoms. The number of nitrogens with zero attached hydrogens (tertiary/aromatic N) is 2. The molecule has 0 heterocycles. The van der Waals surface area contributed by atoms with Crippen LogP contribution in [-0.2, 0) is 14.8 Å². The Morgan fingerprint density at radius 2 is 1.82 bits per heavy atom. The van der Waals surface area contributed by atoms with Gasteiger partial charge in [0.05, 0.1) is 11.4 Å². The van der Waals surface area contributed by atoms with Gasteiger partial charge < -0.3 is 10.2 Å². The molecule has 0 fully saturated rings. The summed E-state index contributed by atoms with van der Waals surface area (Å²) in [6.07, 6.45) is 0. The number of hydrogen-bond acceptors (Lipinski definition) is 4. The minimum atomic E-state index is -3.66. The van der Waals surface area contributed by atoms with Gasteiger partial charge in [0.25, 0.3) is 0 Å². The minimum Gasteiger partial charge on any atom is -0.343 e. The third-order valence-corrected chi connectivity index (χ3v) is 5.47. The van der Waals surface area contributed by atoms with E-state index in [4.69, 9.17) is 0 Å². The van der Waals surface area contributed by atoms with E-state index < -0.39 is 10.0 Å². The van der Waals surface area contributed by atoms with Gasteiger partial charge in [-0.1, -0.05) is 6.07 Å². The highest BCUT2D eigenvalue weighted by atomic mass is 32.2. The first-order valence-electron chi connectivity index (χ1n) is 7.12. The molecule has 0 saturated heterocycles. The van der Waals surface area contributed by atoms with E-state index in [1.54, 1.807) is 32.3 Å². The number of rotatable bonds is 7. The predicted molar refractivity (Wildman–Crippen MR) is 87.3 cm³/mol. The second kappa shape index (κ2) is 7.71. The summed E-state index contributed by atoms with van der Waals surface area (Å²) in [7, 11) is 1.23. The standard InChI is InChI=1S/C15H25N3O3S/c1-12-6-7-14(10-13(12)2)22(20,21)18(5)11-15(19)17(4)9-8-16-3/h6-7,10,16H,8-9,11H2,1-5H3. The largest absolute Gasteiger partial charge is 0.343 e. The Morgan fingerprint density at radius 1 is 1.18 bits per heavy atom. The smallest absolute Gasteiger partial charge is 0.243 e. The van der Waals surface area contributed by atoms with Gasteiger partial charge in [-0.05, 0) is 44.2 Å². The van der Waals surface area contributed by atoms with E-state index in [0.717, 1.165) is 15.4 Å². The molecule has 0 saturated carbocycles. The predicted octanol–water partition coefficient (Wildman–Crippen LogP) is 0.602. The maximum atomic E-state index is 12.5. The summed E-state index contributed by atoms with van der Waals surface area (Å²) < 4.78 is 26.1. The van der Waals surface area contributed by atoms with Crippen molar-refractivity contribution in [3.63, 3.8) is 0 Å². The van der Waals surface area contributed by atoms with Crippen LogP contribution in [0.15, 0.2) is 23.1 Å². The Hall–Kier alpha value is -1.44. The lowest BCUT2D eigenvalue weighted by Crippen LogP contribution is -2.41. The summed E-state index contributed by atoms with van der Waals surface area (Å²) in [5.74, 6) is -0.231. The lowest BCUT2D eigenvalue weighted by Gasteiger charge is -2.22. The van der Waals surface area contributed by atoms with Gasteiger partial charge in [-0.15, -0.1) is 0 Å². The van der Waals surface area contributed by atoms with Crippen LogP contribution in [0.4, 0.5) is 0 Å². The Kier molecular flexibility index (Phi) is 6.52. The number of amides is 1. The summed E-state index contributed by atoms with van der Waals surface area (Å²) in [4.78, 5) is 13.8. The Balaban J connectivity index is 2.84.